The Morgan fingerprint density at radius 2 is 1.07 bits per heavy atom. The minimum atomic E-state index is -3.76. The molecule has 0 saturated carbocycles. The van der Waals surface area contributed by atoms with E-state index in [0.29, 0.717) is 0 Å². The second kappa shape index (κ2) is 7.71. The Hall–Kier alpha value is -3.36. The molecule has 2 atom stereocenters. The van der Waals surface area contributed by atoms with Gasteiger partial charge in [0.2, 0.25) is 11.6 Å². The topological polar surface area (TPSA) is 132 Å². The summed E-state index contributed by atoms with van der Waals surface area (Å²) in [5.41, 5.74) is -7.90. The van der Waals surface area contributed by atoms with Crippen LogP contribution in [-0.2, 0) is 9.59 Å². The number of Topliss-reactive ketones (excluding diaryl/α,β-unsaturated/α-hetero) is 2. The maximum Gasteiger partial charge on any atom is 0.348 e. The van der Waals surface area contributed by atoms with E-state index in [-0.39, 0.29) is 11.1 Å². The molecule has 2 unspecified atom stereocenters. The number of aliphatic carboxylic acids is 1. The highest BCUT2D eigenvalue weighted by Gasteiger charge is 2.69. The number of carboxylic acids is 1. The van der Waals surface area contributed by atoms with E-state index in [1.54, 1.807) is 12.1 Å². The zero-order chi connectivity index (χ0) is 21.1. The molecular weight excluding hydrogens is 366 g/mol. The van der Waals surface area contributed by atoms with Crippen LogP contribution in [0.2, 0.25) is 0 Å². The van der Waals surface area contributed by atoms with Crippen LogP contribution in [0.25, 0.3) is 0 Å². The summed E-state index contributed by atoms with van der Waals surface area (Å²) in [4.78, 5) is 51.4. The molecule has 0 fully saturated rings. The highest BCUT2D eigenvalue weighted by atomic mass is 16.4. The van der Waals surface area contributed by atoms with Crippen LogP contribution < -0.4 is 0 Å². The molecule has 8 heteroatoms. The highest BCUT2D eigenvalue weighted by molar-refractivity contribution is 6.29. The number of rotatable bonds is 7. The smallest absolute Gasteiger partial charge is 0.348 e. The Morgan fingerprint density at radius 3 is 1.39 bits per heavy atom. The summed E-state index contributed by atoms with van der Waals surface area (Å²) in [5, 5.41) is 31.7. The maximum absolute atomic E-state index is 13.0. The number of ketones is 2. The van der Waals surface area contributed by atoms with Crippen molar-refractivity contribution in [1.82, 2.24) is 4.90 Å². The normalized spacial score (nSPS) is 15.0. The summed E-state index contributed by atoms with van der Waals surface area (Å²) < 4.78 is 0. The molecule has 0 saturated heterocycles. The van der Waals surface area contributed by atoms with Gasteiger partial charge in [0.15, 0.2) is 0 Å². The average molecular weight is 385 g/mol. The predicted octanol–water partition coefficient (Wildman–Crippen LogP) is 0.387. The highest BCUT2D eigenvalue weighted by Crippen LogP contribution is 2.32. The first-order chi connectivity index (χ1) is 13.1. The Labute approximate surface area is 160 Å². The Bertz CT molecular complexity index is 911. The molecule has 0 radical (unpaired) electrons. The standard InChI is InChI=1S/C20H19NO7/c1-21(2)17(24)19(27,15(22)13-9-5-3-6-10-13)20(28,18(25)26)16(23)14-11-7-4-8-12-14/h3-12,27-28H,1-2H3,(H,25,26). The first-order valence-electron chi connectivity index (χ1n) is 8.18. The molecular formula is C20H19NO7. The molecule has 28 heavy (non-hydrogen) atoms. The van der Waals surface area contributed by atoms with E-state index in [0.717, 1.165) is 19.0 Å². The third kappa shape index (κ3) is 3.19. The van der Waals surface area contributed by atoms with Gasteiger partial charge in [0.25, 0.3) is 17.1 Å². The Kier molecular flexibility index (Phi) is 5.77. The van der Waals surface area contributed by atoms with E-state index in [2.05, 4.69) is 0 Å². The number of aliphatic hydroxyl groups is 2. The zero-order valence-corrected chi connectivity index (χ0v) is 15.2. The lowest BCUT2D eigenvalue weighted by Gasteiger charge is -2.38. The van der Waals surface area contributed by atoms with Crippen LogP contribution in [-0.4, -0.2) is 69.0 Å². The number of hydrogen-bond acceptors (Lipinski definition) is 6. The molecule has 0 aliphatic rings. The average Bonchev–Trinajstić information content (AvgIpc) is 2.71. The quantitative estimate of drug-likeness (QED) is 0.464. The fraction of sp³-hybridized carbons (Fsp3) is 0.200. The van der Waals surface area contributed by atoms with Crippen molar-refractivity contribution in [2.24, 2.45) is 0 Å². The van der Waals surface area contributed by atoms with Crippen LogP contribution in [0.1, 0.15) is 20.7 Å². The van der Waals surface area contributed by atoms with E-state index < -0.39 is 34.6 Å². The van der Waals surface area contributed by atoms with E-state index in [1.807, 2.05) is 0 Å². The number of amides is 1. The summed E-state index contributed by atoms with van der Waals surface area (Å²) in [6, 6.07) is 13.6. The molecule has 3 N–H and O–H groups in total. The van der Waals surface area contributed by atoms with E-state index in [4.69, 9.17) is 0 Å². The van der Waals surface area contributed by atoms with Crippen molar-refractivity contribution in [3.63, 3.8) is 0 Å². The fourth-order valence-electron chi connectivity index (χ4n) is 2.75. The Balaban J connectivity index is 2.78. The van der Waals surface area contributed by atoms with Crippen molar-refractivity contribution in [2.75, 3.05) is 14.1 Å². The molecule has 1 amide bonds. The van der Waals surface area contributed by atoms with Crippen LogP contribution in [0, 0.1) is 0 Å². The molecule has 2 aromatic carbocycles. The van der Waals surface area contributed by atoms with Gasteiger partial charge in [-0.2, -0.15) is 0 Å². The second-order valence-corrected chi connectivity index (χ2v) is 6.32. The SMILES string of the molecule is CN(C)C(=O)C(O)(C(=O)c1ccccc1)C(O)(C(=O)O)C(=O)c1ccccc1. The molecule has 0 aliphatic heterocycles. The number of nitrogens with zero attached hydrogens (tertiary/aromatic N) is 1. The predicted molar refractivity (Wildman–Crippen MR) is 97.8 cm³/mol. The molecule has 2 rings (SSSR count). The maximum atomic E-state index is 13.0. The van der Waals surface area contributed by atoms with Gasteiger partial charge in [0.05, 0.1) is 0 Å². The lowest BCUT2D eigenvalue weighted by Crippen LogP contribution is -2.73. The lowest BCUT2D eigenvalue weighted by molar-refractivity contribution is -0.182. The number of carbonyl (C=O) groups excluding carboxylic acids is 3. The van der Waals surface area contributed by atoms with E-state index in [9.17, 15) is 34.5 Å². The van der Waals surface area contributed by atoms with Gasteiger partial charge in [0, 0.05) is 25.2 Å². The van der Waals surface area contributed by atoms with Gasteiger partial charge in [0.1, 0.15) is 0 Å². The summed E-state index contributed by atoms with van der Waals surface area (Å²) in [7, 11) is 2.31. The number of hydrogen-bond donors (Lipinski definition) is 3. The number of carbonyl (C=O) groups is 4. The van der Waals surface area contributed by atoms with E-state index in [1.165, 1.54) is 48.5 Å². The van der Waals surface area contributed by atoms with Gasteiger partial charge in [-0.15, -0.1) is 0 Å². The van der Waals surface area contributed by atoms with Gasteiger partial charge in [-0.25, -0.2) is 4.79 Å². The monoisotopic (exact) mass is 385 g/mol. The fourth-order valence-corrected chi connectivity index (χ4v) is 2.75. The van der Waals surface area contributed by atoms with Crippen LogP contribution >= 0.6 is 0 Å². The molecule has 146 valence electrons. The molecule has 8 nitrogen and oxygen atoms in total. The Morgan fingerprint density at radius 1 is 0.714 bits per heavy atom. The lowest BCUT2D eigenvalue weighted by atomic mass is 9.72. The first-order valence-corrected chi connectivity index (χ1v) is 8.18. The number of carboxylic acid groups (broad SMARTS) is 1. The van der Waals surface area contributed by atoms with Crippen LogP contribution in [0.5, 0.6) is 0 Å². The van der Waals surface area contributed by atoms with Crippen LogP contribution in [0.15, 0.2) is 60.7 Å². The van der Waals surface area contributed by atoms with Crippen molar-refractivity contribution in [2.45, 2.75) is 11.2 Å². The molecule has 0 spiro atoms. The van der Waals surface area contributed by atoms with Crippen LogP contribution in [0.4, 0.5) is 0 Å². The minimum absolute atomic E-state index is 0.249. The van der Waals surface area contributed by atoms with Gasteiger partial charge in [-0.1, -0.05) is 60.7 Å². The van der Waals surface area contributed by atoms with Crippen molar-refractivity contribution >= 4 is 23.4 Å². The second-order valence-electron chi connectivity index (χ2n) is 6.32. The van der Waals surface area contributed by atoms with Crippen molar-refractivity contribution in [3.8, 4) is 0 Å². The summed E-state index contributed by atoms with van der Waals surface area (Å²) in [6.45, 7) is 0. The largest absolute Gasteiger partial charge is 0.479 e. The molecule has 0 aromatic heterocycles. The number of benzene rings is 2. The molecule has 0 bridgehead atoms. The van der Waals surface area contributed by atoms with Gasteiger partial charge in [-0.05, 0) is 0 Å². The zero-order valence-electron chi connectivity index (χ0n) is 15.2. The molecule has 0 heterocycles. The van der Waals surface area contributed by atoms with Crippen LogP contribution in [0.3, 0.4) is 0 Å². The summed E-state index contributed by atoms with van der Waals surface area (Å²) in [5.74, 6) is -6.59. The van der Waals surface area contributed by atoms with Gasteiger partial charge >= 0.3 is 5.97 Å². The van der Waals surface area contributed by atoms with Gasteiger partial charge in [-0.3, -0.25) is 14.4 Å². The first kappa shape index (κ1) is 20.9. The van der Waals surface area contributed by atoms with Crippen molar-refractivity contribution < 1.29 is 34.5 Å². The summed E-state index contributed by atoms with van der Waals surface area (Å²) >= 11 is 0. The third-order valence-corrected chi connectivity index (χ3v) is 4.28. The van der Waals surface area contributed by atoms with E-state index >= 15 is 0 Å². The van der Waals surface area contributed by atoms with Crippen molar-refractivity contribution in [1.29, 1.82) is 0 Å². The number of likely N-dealkylation sites (N-methyl/N-ethyl adjacent to an activating group) is 1. The summed E-state index contributed by atoms with van der Waals surface area (Å²) in [6.07, 6.45) is 0. The third-order valence-electron chi connectivity index (χ3n) is 4.28. The van der Waals surface area contributed by atoms with Gasteiger partial charge < -0.3 is 20.2 Å². The minimum Gasteiger partial charge on any atom is -0.479 e. The van der Waals surface area contributed by atoms with Crippen molar-refractivity contribution in [3.05, 3.63) is 71.8 Å². The molecule has 0 aliphatic carbocycles. The molecule has 2 aromatic rings.